The van der Waals surface area contributed by atoms with Crippen molar-refractivity contribution in [1.82, 2.24) is 19.8 Å². The standard InChI is InChI=1S/C35H32Cl2F3N5O2/c1-15-20-13-26(33-21-11-18(12-22(21)34(39)40)44(33)35(46)47-2)45(31-17-10-25(31)42-14-17)32(20)23-9-16(5-4-8-41)27(29(38)30(23)43-15)19-6-3-7-24(36)28(19)37/h3,6-7,9,13,17-18,21-22,25,31,33-34,42H,4-5,10-12,14H2,1-2H3/t17-,18-,21+,22+,25-,31+,33-/m1/s1. The highest BCUT2D eigenvalue weighted by Crippen LogP contribution is 2.58. The fraction of sp³-hybridized carbons (Fsp3) is 0.457. The number of piperidine rings is 1. The number of alkyl halides is 2. The van der Waals surface area contributed by atoms with E-state index in [0.29, 0.717) is 34.5 Å². The fourth-order valence-corrected chi connectivity index (χ4v) is 9.58. The fourth-order valence-electron chi connectivity index (χ4n) is 9.19. The summed E-state index contributed by atoms with van der Waals surface area (Å²) >= 11 is 13.0. The summed E-state index contributed by atoms with van der Waals surface area (Å²) in [5.74, 6) is -1.57. The number of hydrogen-bond donors (Lipinski definition) is 1. The van der Waals surface area contributed by atoms with Gasteiger partial charge in [0.25, 0.3) is 0 Å². The number of carbonyl (C=O) groups excluding carboxylic acids is 1. The highest BCUT2D eigenvalue weighted by Gasteiger charge is 2.58. The zero-order chi connectivity index (χ0) is 32.9. The first-order valence-corrected chi connectivity index (χ1v) is 16.8. The second kappa shape index (κ2) is 11.3. The van der Waals surface area contributed by atoms with E-state index < -0.39 is 36.2 Å². The van der Waals surface area contributed by atoms with Gasteiger partial charge in [-0.15, -0.1) is 0 Å². The van der Waals surface area contributed by atoms with Crippen molar-refractivity contribution in [1.29, 1.82) is 5.26 Å². The van der Waals surface area contributed by atoms with Gasteiger partial charge in [-0.05, 0) is 68.2 Å². The van der Waals surface area contributed by atoms with E-state index in [2.05, 4.69) is 16.0 Å². The molecule has 5 heterocycles. The molecule has 9 rings (SSSR count). The molecule has 4 bridgehead atoms. The van der Waals surface area contributed by atoms with Crippen molar-refractivity contribution in [3.63, 3.8) is 0 Å². The van der Waals surface area contributed by atoms with Crippen molar-refractivity contribution in [2.24, 2.45) is 17.8 Å². The number of ether oxygens (including phenoxy) is 1. The molecule has 5 fully saturated rings. The van der Waals surface area contributed by atoms with Crippen LogP contribution in [0.1, 0.15) is 54.7 Å². The van der Waals surface area contributed by atoms with Crippen LogP contribution in [-0.4, -0.2) is 52.7 Å². The Morgan fingerprint density at radius 3 is 2.70 bits per heavy atom. The van der Waals surface area contributed by atoms with Crippen molar-refractivity contribution in [2.75, 3.05) is 13.7 Å². The lowest BCUT2D eigenvalue weighted by Crippen LogP contribution is -2.46. The normalized spacial score (nSPS) is 27.6. The number of hydrogen-bond acceptors (Lipinski definition) is 5. The molecule has 0 unspecified atom stereocenters. The van der Waals surface area contributed by atoms with Gasteiger partial charge in [-0.3, -0.25) is 4.90 Å². The molecule has 3 aliphatic heterocycles. The van der Waals surface area contributed by atoms with Crippen molar-refractivity contribution < 1.29 is 22.7 Å². The molecule has 3 saturated heterocycles. The minimum atomic E-state index is -2.51. The lowest BCUT2D eigenvalue weighted by Gasteiger charge is -2.42. The van der Waals surface area contributed by atoms with Gasteiger partial charge in [0.15, 0.2) is 5.82 Å². The van der Waals surface area contributed by atoms with Gasteiger partial charge in [-0.1, -0.05) is 35.3 Å². The number of carbonyl (C=O) groups is 1. The van der Waals surface area contributed by atoms with Crippen LogP contribution in [0.15, 0.2) is 30.3 Å². The van der Waals surface area contributed by atoms with Crippen LogP contribution in [-0.2, 0) is 11.2 Å². The van der Waals surface area contributed by atoms with Crippen molar-refractivity contribution in [3.8, 4) is 17.2 Å². The predicted octanol–water partition coefficient (Wildman–Crippen LogP) is 8.38. The highest BCUT2D eigenvalue weighted by molar-refractivity contribution is 6.43. The van der Waals surface area contributed by atoms with E-state index in [4.69, 9.17) is 32.9 Å². The van der Waals surface area contributed by atoms with Crippen LogP contribution in [0.25, 0.3) is 32.9 Å². The van der Waals surface area contributed by atoms with E-state index in [1.807, 2.05) is 19.1 Å². The van der Waals surface area contributed by atoms with E-state index >= 15 is 4.39 Å². The predicted molar refractivity (Wildman–Crippen MR) is 173 cm³/mol. The molecule has 1 amide bonds. The van der Waals surface area contributed by atoms with Gasteiger partial charge in [-0.25, -0.2) is 22.9 Å². The SMILES string of the molecule is COC(=O)N1[C@@H]2C[C@@H]([C@@H](C(F)F)C2)[C@@H]1c1cc2c(C)nc3c(F)c(-c4cccc(Cl)c4Cl)c(CCC#N)cc3c2n1[C@H]1[C@H]2CN[C@@H]1C2. The molecular weight excluding hydrogens is 650 g/mol. The molecule has 0 radical (unpaired) electrons. The van der Waals surface area contributed by atoms with Gasteiger partial charge in [0.1, 0.15) is 5.52 Å². The summed E-state index contributed by atoms with van der Waals surface area (Å²) in [5.41, 5.74) is 3.49. The Kier molecular flexibility index (Phi) is 7.39. The zero-order valence-corrected chi connectivity index (χ0v) is 27.3. The molecule has 7 nitrogen and oxygen atoms in total. The summed E-state index contributed by atoms with van der Waals surface area (Å²) in [6, 6.07) is 10.2. The van der Waals surface area contributed by atoms with Crippen molar-refractivity contribution in [2.45, 2.75) is 69.6 Å². The first kappa shape index (κ1) is 30.8. The Morgan fingerprint density at radius 2 is 2.02 bits per heavy atom. The smallest absolute Gasteiger partial charge is 0.410 e. The van der Waals surface area contributed by atoms with Crippen molar-refractivity contribution in [3.05, 3.63) is 63.1 Å². The van der Waals surface area contributed by atoms with Crippen LogP contribution < -0.4 is 5.32 Å². The highest BCUT2D eigenvalue weighted by atomic mass is 35.5. The molecule has 2 aliphatic carbocycles. The number of aryl methyl sites for hydroxylation is 2. The van der Waals surface area contributed by atoms with E-state index in [1.54, 1.807) is 23.1 Å². The largest absolute Gasteiger partial charge is 0.453 e. The van der Waals surface area contributed by atoms with Gasteiger partial charge >= 0.3 is 6.09 Å². The summed E-state index contributed by atoms with van der Waals surface area (Å²) in [7, 11) is 1.32. The molecule has 2 saturated carbocycles. The van der Waals surface area contributed by atoms with Crippen molar-refractivity contribution >= 4 is 51.1 Å². The minimum Gasteiger partial charge on any atom is -0.453 e. The summed E-state index contributed by atoms with van der Waals surface area (Å²) < 4.78 is 53.3. The Balaban J connectivity index is 1.43. The van der Waals surface area contributed by atoms with Gasteiger partial charge in [-0.2, -0.15) is 5.26 Å². The number of rotatable bonds is 6. The number of methoxy groups -OCH3 is 1. The molecule has 5 aliphatic rings. The van der Waals surface area contributed by atoms with Crippen LogP contribution in [0.4, 0.5) is 18.0 Å². The van der Waals surface area contributed by atoms with Gasteiger partial charge in [0.05, 0.1) is 40.8 Å². The number of benzene rings is 2. The summed E-state index contributed by atoms with van der Waals surface area (Å²) in [6.45, 7) is 2.63. The second-order valence-electron chi connectivity index (χ2n) is 13.4. The summed E-state index contributed by atoms with van der Waals surface area (Å²) in [5, 5.41) is 14.9. The third-order valence-electron chi connectivity index (χ3n) is 11.2. The van der Waals surface area contributed by atoms with Gasteiger partial charge in [0.2, 0.25) is 6.43 Å². The molecule has 2 aromatic carbocycles. The summed E-state index contributed by atoms with van der Waals surface area (Å²) in [4.78, 5) is 19.7. The Hall–Kier alpha value is -3.52. The number of nitrogens with one attached hydrogen (secondary N) is 1. The maximum absolute atomic E-state index is 17.0. The first-order chi connectivity index (χ1) is 22.6. The minimum absolute atomic E-state index is 0.0104. The molecule has 12 heteroatoms. The third-order valence-corrected chi connectivity index (χ3v) is 12.0. The maximum atomic E-state index is 17.0. The lowest BCUT2D eigenvalue weighted by molar-refractivity contribution is 0.000566. The Morgan fingerprint density at radius 1 is 1.21 bits per heavy atom. The quantitative estimate of drug-likeness (QED) is 0.221. The topological polar surface area (TPSA) is 83.2 Å². The maximum Gasteiger partial charge on any atom is 0.410 e. The third kappa shape index (κ3) is 4.42. The number of likely N-dealkylation sites (tertiary alicyclic amines) is 1. The second-order valence-corrected chi connectivity index (χ2v) is 14.2. The number of halogens is 5. The number of aromatic nitrogens is 2. The molecule has 7 atom stereocenters. The average molecular weight is 683 g/mol. The Labute approximate surface area is 279 Å². The van der Waals surface area contributed by atoms with Crippen LogP contribution in [0.5, 0.6) is 0 Å². The van der Waals surface area contributed by atoms with E-state index in [0.717, 1.165) is 29.6 Å². The molecule has 244 valence electrons. The number of pyridine rings is 1. The molecule has 47 heavy (non-hydrogen) atoms. The van der Waals surface area contributed by atoms with E-state index in [9.17, 15) is 18.8 Å². The lowest BCUT2D eigenvalue weighted by atomic mass is 9.79. The van der Waals surface area contributed by atoms with Crippen LogP contribution >= 0.6 is 23.2 Å². The zero-order valence-electron chi connectivity index (χ0n) is 25.7. The first-order valence-electron chi connectivity index (χ1n) is 16.0. The molecule has 1 N–H and O–H groups in total. The number of fused-ring (bicyclic) bond motifs is 6. The Bertz CT molecular complexity index is 2000. The van der Waals surface area contributed by atoms with Gasteiger partial charge in [0, 0.05) is 64.3 Å². The van der Waals surface area contributed by atoms with Crippen LogP contribution in [0, 0.1) is 41.8 Å². The number of amides is 1. The molecular formula is C35H32Cl2F3N5O2. The van der Waals surface area contributed by atoms with Gasteiger partial charge < -0.3 is 14.6 Å². The number of nitrogens with zero attached hydrogens (tertiary/aromatic N) is 4. The average Bonchev–Trinajstić information content (AvgIpc) is 3.88. The molecule has 2 aromatic heterocycles. The molecule has 0 spiro atoms. The van der Waals surface area contributed by atoms with E-state index in [-0.39, 0.29) is 58.5 Å². The number of nitriles is 1. The van der Waals surface area contributed by atoms with Crippen LogP contribution in [0.2, 0.25) is 10.0 Å². The monoisotopic (exact) mass is 681 g/mol. The van der Waals surface area contributed by atoms with E-state index in [1.165, 1.54) is 7.11 Å². The summed E-state index contributed by atoms with van der Waals surface area (Å²) in [6.07, 6.45) is -0.951. The van der Waals surface area contributed by atoms with Crippen LogP contribution in [0.3, 0.4) is 0 Å². The molecule has 4 aromatic rings.